The summed E-state index contributed by atoms with van der Waals surface area (Å²) >= 11 is 0. The maximum absolute atomic E-state index is 4.10. The van der Waals surface area contributed by atoms with Gasteiger partial charge >= 0.3 is 0 Å². The second-order valence-electron chi connectivity index (χ2n) is 15.1. The molecule has 1 atom stereocenters. The van der Waals surface area contributed by atoms with E-state index in [-0.39, 0.29) is 6.17 Å². The van der Waals surface area contributed by atoms with E-state index < -0.39 is 23.8 Å². The molecular weight excluding hydrogens is 782 g/mol. The van der Waals surface area contributed by atoms with Gasteiger partial charge in [-0.25, -0.2) is 0 Å². The molecule has 11 rings (SSSR count). The number of nitrogens with one attached hydrogen (secondary N) is 1. The van der Waals surface area contributed by atoms with Gasteiger partial charge in [-0.05, 0) is 101 Å². The SMILES string of the molecule is c1ccc(P(c2ccccc2)c2ccc3c(c2)NC2c4ccc(P(c5ccccc5)c5ccccc5)cc4-c4ccc(P(c5ccccc5)c5ccccc5)cc4N32)cc1. The lowest BCUT2D eigenvalue weighted by atomic mass is 9.91. The fourth-order valence-electron chi connectivity index (χ4n) is 8.87. The van der Waals surface area contributed by atoms with E-state index in [4.69, 9.17) is 0 Å². The topological polar surface area (TPSA) is 15.3 Å². The average Bonchev–Trinajstić information content (AvgIpc) is 3.71. The fourth-order valence-corrected chi connectivity index (χ4v) is 15.8. The Morgan fingerprint density at radius 1 is 0.300 bits per heavy atom. The molecule has 60 heavy (non-hydrogen) atoms. The van der Waals surface area contributed by atoms with Crippen LogP contribution in [0.2, 0.25) is 0 Å². The van der Waals surface area contributed by atoms with Crippen molar-refractivity contribution < 1.29 is 0 Å². The molecule has 2 aliphatic heterocycles. The molecule has 0 saturated heterocycles. The van der Waals surface area contributed by atoms with Gasteiger partial charge in [0.1, 0.15) is 6.17 Å². The summed E-state index contributed by atoms with van der Waals surface area (Å²) in [6.45, 7) is 0. The Hall–Kier alpha value is -6.13. The van der Waals surface area contributed by atoms with Crippen LogP contribution in [-0.2, 0) is 0 Å². The van der Waals surface area contributed by atoms with Gasteiger partial charge in [0, 0.05) is 11.1 Å². The molecule has 1 unspecified atom stereocenters. The van der Waals surface area contributed by atoms with Crippen LogP contribution in [0, 0.1) is 0 Å². The summed E-state index contributed by atoms with van der Waals surface area (Å²) in [4.78, 5) is 2.58. The zero-order chi connectivity index (χ0) is 39.8. The lowest BCUT2D eigenvalue weighted by Gasteiger charge is -2.37. The van der Waals surface area contributed by atoms with E-state index >= 15 is 0 Å². The van der Waals surface area contributed by atoms with Crippen LogP contribution in [0.5, 0.6) is 0 Å². The number of hydrogen-bond acceptors (Lipinski definition) is 2. The van der Waals surface area contributed by atoms with Crippen LogP contribution in [0.3, 0.4) is 0 Å². The minimum atomic E-state index is -0.797. The molecule has 0 amide bonds. The molecule has 0 spiro atoms. The summed E-state index contributed by atoms with van der Waals surface area (Å²) in [5.41, 5.74) is 7.51. The Morgan fingerprint density at radius 2 is 0.667 bits per heavy atom. The summed E-state index contributed by atoms with van der Waals surface area (Å²) in [5.74, 6) is 0. The number of hydrogen-bond donors (Lipinski definition) is 1. The van der Waals surface area contributed by atoms with Crippen molar-refractivity contribution in [1.29, 1.82) is 0 Å². The van der Waals surface area contributed by atoms with Gasteiger partial charge in [-0.2, -0.15) is 0 Å². The van der Waals surface area contributed by atoms with Crippen LogP contribution >= 0.6 is 23.8 Å². The standard InChI is InChI=1S/C55H41N2P3/c1-7-19-40(20-8-1)58(41-21-9-2-10-22-41)46-32-35-50-51(37-46)49-34-31-48(60(44-27-15-5-16-28-44)45-29-17-6-18-30-45)39-54(49)57-53-36-33-47(38-52(53)56-55(50)57)59(42-23-11-3-12-24-42)43-25-13-4-14-26-43/h1-39,55-56H. The summed E-state index contributed by atoms with van der Waals surface area (Å²) in [6.07, 6.45) is -0.0546. The molecule has 0 saturated carbocycles. The van der Waals surface area contributed by atoms with Gasteiger partial charge in [-0.15, -0.1) is 0 Å². The lowest BCUT2D eigenvalue weighted by Crippen LogP contribution is -2.30. The monoisotopic (exact) mass is 822 g/mol. The van der Waals surface area contributed by atoms with Crippen LogP contribution in [0.25, 0.3) is 11.1 Å². The highest BCUT2D eigenvalue weighted by molar-refractivity contribution is 7.80. The minimum absolute atomic E-state index is 0.0546. The van der Waals surface area contributed by atoms with E-state index in [1.807, 2.05) is 0 Å². The second kappa shape index (κ2) is 16.1. The molecule has 1 N–H and O–H groups in total. The number of rotatable bonds is 9. The molecule has 0 bridgehead atoms. The lowest BCUT2D eigenvalue weighted by molar-refractivity contribution is 0.820. The van der Waals surface area contributed by atoms with E-state index in [0.717, 1.165) is 0 Å². The van der Waals surface area contributed by atoms with Gasteiger partial charge in [0.15, 0.2) is 0 Å². The predicted octanol–water partition coefficient (Wildman–Crippen LogP) is 10.2. The van der Waals surface area contributed by atoms with Gasteiger partial charge in [0.25, 0.3) is 0 Å². The van der Waals surface area contributed by atoms with Crippen molar-refractivity contribution in [2.45, 2.75) is 6.17 Å². The van der Waals surface area contributed by atoms with Crippen molar-refractivity contribution in [3.05, 3.63) is 242 Å². The van der Waals surface area contributed by atoms with Crippen LogP contribution < -0.4 is 58.0 Å². The summed E-state index contributed by atoms with van der Waals surface area (Å²) in [7, 11) is -2.32. The largest absolute Gasteiger partial charge is 0.359 e. The molecule has 2 heterocycles. The highest BCUT2D eigenvalue weighted by atomic mass is 31.1. The van der Waals surface area contributed by atoms with E-state index in [2.05, 4.69) is 247 Å². The van der Waals surface area contributed by atoms with E-state index in [9.17, 15) is 0 Å². The van der Waals surface area contributed by atoms with Crippen molar-refractivity contribution in [1.82, 2.24) is 0 Å². The van der Waals surface area contributed by atoms with Crippen molar-refractivity contribution >= 4 is 88.6 Å². The van der Waals surface area contributed by atoms with Crippen LogP contribution in [0.1, 0.15) is 11.7 Å². The first-order valence-corrected chi connectivity index (χ1v) is 24.5. The van der Waals surface area contributed by atoms with Crippen LogP contribution in [-0.4, -0.2) is 0 Å². The summed E-state index contributed by atoms with van der Waals surface area (Å²) < 4.78 is 0. The van der Waals surface area contributed by atoms with Crippen molar-refractivity contribution in [3.63, 3.8) is 0 Å². The Balaban J connectivity index is 1.10. The highest BCUT2D eigenvalue weighted by Crippen LogP contribution is 2.55. The third-order valence-corrected chi connectivity index (χ3v) is 18.8. The van der Waals surface area contributed by atoms with Crippen LogP contribution in [0.4, 0.5) is 17.1 Å². The molecule has 2 aliphatic rings. The van der Waals surface area contributed by atoms with Crippen LogP contribution in [0.15, 0.2) is 237 Å². The van der Waals surface area contributed by atoms with Gasteiger partial charge in [-0.3, -0.25) is 0 Å². The Kier molecular flexibility index (Phi) is 9.93. The Labute approximate surface area is 356 Å². The molecule has 286 valence electrons. The molecule has 0 aromatic heterocycles. The molecule has 0 fully saturated rings. The Bertz CT molecular complexity index is 2790. The zero-order valence-corrected chi connectivity index (χ0v) is 35.6. The minimum Gasteiger partial charge on any atom is -0.359 e. The molecular formula is C55H41N2P3. The van der Waals surface area contributed by atoms with Crippen molar-refractivity contribution in [3.8, 4) is 11.1 Å². The second-order valence-corrected chi connectivity index (χ2v) is 21.8. The van der Waals surface area contributed by atoms with E-state index in [1.165, 1.54) is 81.5 Å². The summed E-state index contributed by atoms with van der Waals surface area (Å²) in [5, 5.41) is 16.3. The molecule has 9 aromatic carbocycles. The van der Waals surface area contributed by atoms with Crippen molar-refractivity contribution in [2.75, 3.05) is 10.2 Å². The number of benzene rings is 9. The number of fused-ring (bicyclic) bond motifs is 8. The number of anilines is 3. The third-order valence-electron chi connectivity index (χ3n) is 11.5. The van der Waals surface area contributed by atoms with Gasteiger partial charge in [0.05, 0.1) is 17.1 Å². The fraction of sp³-hybridized carbons (Fsp3) is 0.0182. The first kappa shape index (κ1) is 36.9. The maximum Gasteiger partial charge on any atom is 0.131 e. The van der Waals surface area contributed by atoms with E-state index in [0.29, 0.717) is 0 Å². The molecule has 5 heteroatoms. The number of nitrogens with zero attached hydrogens (tertiary/aromatic N) is 1. The smallest absolute Gasteiger partial charge is 0.131 e. The van der Waals surface area contributed by atoms with Gasteiger partial charge in [0.2, 0.25) is 0 Å². The van der Waals surface area contributed by atoms with Gasteiger partial charge in [-0.1, -0.05) is 212 Å². The predicted molar refractivity (Wildman–Crippen MR) is 263 cm³/mol. The molecule has 9 aromatic rings. The Morgan fingerprint density at radius 3 is 1.10 bits per heavy atom. The quantitative estimate of drug-likeness (QED) is 0.146. The van der Waals surface area contributed by atoms with Gasteiger partial charge < -0.3 is 10.2 Å². The van der Waals surface area contributed by atoms with Crippen molar-refractivity contribution in [2.24, 2.45) is 0 Å². The summed E-state index contributed by atoms with van der Waals surface area (Å²) in [6, 6.07) is 88.1. The average molecular weight is 823 g/mol. The third kappa shape index (κ3) is 6.76. The molecule has 2 nitrogen and oxygen atoms in total. The molecule has 0 aliphatic carbocycles. The zero-order valence-electron chi connectivity index (χ0n) is 32.9. The van der Waals surface area contributed by atoms with E-state index in [1.54, 1.807) is 0 Å². The normalized spacial score (nSPS) is 13.7. The first-order chi connectivity index (χ1) is 29.8. The first-order valence-electron chi connectivity index (χ1n) is 20.5. The molecule has 0 radical (unpaired) electrons. The highest BCUT2D eigenvalue weighted by Gasteiger charge is 2.39. The maximum atomic E-state index is 4.10.